The van der Waals surface area contributed by atoms with Crippen molar-refractivity contribution in [3.63, 3.8) is 0 Å². The van der Waals surface area contributed by atoms with Gasteiger partial charge in [0.1, 0.15) is 36.0 Å². The van der Waals surface area contributed by atoms with Gasteiger partial charge in [-0.05, 0) is 48.5 Å². The fourth-order valence-electron chi connectivity index (χ4n) is 2.52. The minimum atomic E-state index is -0.583. The first-order chi connectivity index (χ1) is 14.2. The molecule has 0 saturated carbocycles. The number of carbonyl (C=O) groups is 2. The van der Waals surface area contributed by atoms with Crippen molar-refractivity contribution in [2.75, 3.05) is 20.3 Å². The third kappa shape index (κ3) is 5.59. The molecule has 3 rings (SSSR count). The molecular weight excluding hydrogens is 372 g/mol. The van der Waals surface area contributed by atoms with Gasteiger partial charge in [-0.1, -0.05) is 30.3 Å². The molecule has 0 heterocycles. The van der Waals surface area contributed by atoms with Gasteiger partial charge >= 0.3 is 11.9 Å². The average molecular weight is 392 g/mol. The van der Waals surface area contributed by atoms with Gasteiger partial charge in [0.05, 0.1) is 12.7 Å². The number of hydrogen-bond donors (Lipinski definition) is 0. The van der Waals surface area contributed by atoms with Gasteiger partial charge in [-0.3, -0.25) is 0 Å². The Hall–Kier alpha value is -3.80. The van der Waals surface area contributed by atoms with Crippen molar-refractivity contribution < 1.29 is 28.5 Å². The van der Waals surface area contributed by atoms with Crippen molar-refractivity contribution >= 4 is 11.9 Å². The first-order valence-corrected chi connectivity index (χ1v) is 8.97. The van der Waals surface area contributed by atoms with Gasteiger partial charge in [-0.15, -0.1) is 0 Å². The second-order valence-corrected chi connectivity index (χ2v) is 5.91. The summed E-state index contributed by atoms with van der Waals surface area (Å²) in [5.41, 5.74) is 0.513. The molecule has 6 nitrogen and oxygen atoms in total. The summed E-state index contributed by atoms with van der Waals surface area (Å²) in [6, 6.07) is 22.4. The Morgan fingerprint density at radius 2 is 1.28 bits per heavy atom. The number of esters is 2. The van der Waals surface area contributed by atoms with Gasteiger partial charge < -0.3 is 18.9 Å². The summed E-state index contributed by atoms with van der Waals surface area (Å²) in [6.07, 6.45) is 0. The van der Waals surface area contributed by atoms with E-state index in [4.69, 9.17) is 18.9 Å². The van der Waals surface area contributed by atoms with Crippen molar-refractivity contribution in [1.29, 1.82) is 0 Å². The van der Waals surface area contributed by atoms with Gasteiger partial charge in [-0.2, -0.15) is 0 Å². The molecule has 0 radical (unpaired) electrons. The minimum absolute atomic E-state index is 0.141. The molecule has 0 atom stereocenters. The zero-order valence-electron chi connectivity index (χ0n) is 15.9. The summed E-state index contributed by atoms with van der Waals surface area (Å²) >= 11 is 0. The topological polar surface area (TPSA) is 71.1 Å². The summed E-state index contributed by atoms with van der Waals surface area (Å²) in [7, 11) is 1.27. The van der Waals surface area contributed by atoms with Crippen LogP contribution in [-0.2, 0) is 4.74 Å². The summed E-state index contributed by atoms with van der Waals surface area (Å²) < 4.78 is 21.2. The van der Waals surface area contributed by atoms with Crippen LogP contribution in [0.1, 0.15) is 20.7 Å². The monoisotopic (exact) mass is 392 g/mol. The van der Waals surface area contributed by atoms with Gasteiger partial charge in [0.25, 0.3) is 0 Å². The molecule has 0 aromatic heterocycles. The number of hydrogen-bond acceptors (Lipinski definition) is 6. The van der Waals surface area contributed by atoms with E-state index in [2.05, 4.69) is 0 Å². The number of methoxy groups -OCH3 is 1. The van der Waals surface area contributed by atoms with E-state index < -0.39 is 11.9 Å². The summed E-state index contributed by atoms with van der Waals surface area (Å²) in [6.45, 7) is 0.767. The lowest BCUT2D eigenvalue weighted by atomic mass is 10.2. The molecule has 0 saturated heterocycles. The van der Waals surface area contributed by atoms with Crippen LogP contribution >= 0.6 is 0 Å². The molecule has 0 spiro atoms. The fraction of sp³-hybridized carbons (Fsp3) is 0.130. The van der Waals surface area contributed by atoms with E-state index in [1.807, 2.05) is 30.3 Å². The number of carbonyl (C=O) groups excluding carboxylic acids is 2. The molecule has 0 aliphatic heterocycles. The highest BCUT2D eigenvalue weighted by Gasteiger charge is 2.16. The van der Waals surface area contributed by atoms with Crippen molar-refractivity contribution in [3.05, 3.63) is 90.0 Å². The molecule has 0 aliphatic carbocycles. The van der Waals surface area contributed by atoms with Crippen LogP contribution in [-0.4, -0.2) is 32.3 Å². The van der Waals surface area contributed by atoms with Crippen LogP contribution in [0.3, 0.4) is 0 Å². The molecular formula is C23H20O6. The third-order valence-corrected chi connectivity index (χ3v) is 3.95. The van der Waals surface area contributed by atoms with Gasteiger partial charge in [0.15, 0.2) is 0 Å². The largest absolute Gasteiger partial charge is 0.490 e. The van der Waals surface area contributed by atoms with Crippen molar-refractivity contribution in [1.82, 2.24) is 0 Å². The Morgan fingerprint density at radius 1 is 0.690 bits per heavy atom. The highest BCUT2D eigenvalue weighted by molar-refractivity contribution is 5.96. The maximum atomic E-state index is 12.4. The standard InChI is InChI=1S/C23H20O6/c1-26-23(25)20-9-5-6-10-21(20)29-22(24)17-11-13-19(14-12-17)28-16-15-27-18-7-3-2-4-8-18/h2-14H,15-16H2,1H3. The van der Waals surface area contributed by atoms with Crippen LogP contribution in [0.15, 0.2) is 78.9 Å². The SMILES string of the molecule is COC(=O)c1ccccc1OC(=O)c1ccc(OCCOc2ccccc2)cc1. The number of rotatable bonds is 8. The molecule has 0 amide bonds. The summed E-state index contributed by atoms with van der Waals surface area (Å²) in [5, 5.41) is 0. The molecule has 3 aromatic rings. The quantitative estimate of drug-likeness (QED) is 0.326. The average Bonchev–Trinajstić information content (AvgIpc) is 2.77. The lowest BCUT2D eigenvalue weighted by molar-refractivity contribution is 0.0593. The highest BCUT2D eigenvalue weighted by Crippen LogP contribution is 2.21. The maximum Gasteiger partial charge on any atom is 0.343 e. The van der Waals surface area contributed by atoms with E-state index in [0.29, 0.717) is 24.5 Å². The van der Waals surface area contributed by atoms with Crippen molar-refractivity contribution in [2.45, 2.75) is 0 Å². The first-order valence-electron chi connectivity index (χ1n) is 8.97. The van der Waals surface area contributed by atoms with Crippen molar-refractivity contribution in [3.8, 4) is 17.2 Å². The Kier molecular flexibility index (Phi) is 6.84. The van der Waals surface area contributed by atoms with Gasteiger partial charge in [0.2, 0.25) is 0 Å². The van der Waals surface area contributed by atoms with Crippen LogP contribution in [0.2, 0.25) is 0 Å². The molecule has 148 valence electrons. The lowest BCUT2D eigenvalue weighted by Crippen LogP contribution is -2.12. The third-order valence-electron chi connectivity index (χ3n) is 3.95. The molecule has 0 bridgehead atoms. The van der Waals surface area contributed by atoms with Gasteiger partial charge in [-0.25, -0.2) is 9.59 Å². The van der Waals surface area contributed by atoms with Crippen LogP contribution < -0.4 is 14.2 Å². The van der Waals surface area contributed by atoms with E-state index >= 15 is 0 Å². The predicted molar refractivity (Wildman–Crippen MR) is 107 cm³/mol. The van der Waals surface area contributed by atoms with Crippen LogP contribution in [0.4, 0.5) is 0 Å². The molecule has 0 N–H and O–H groups in total. The van der Waals surface area contributed by atoms with Crippen LogP contribution in [0, 0.1) is 0 Å². The van der Waals surface area contributed by atoms with E-state index in [1.165, 1.54) is 19.2 Å². The highest BCUT2D eigenvalue weighted by atomic mass is 16.5. The van der Waals surface area contributed by atoms with Crippen LogP contribution in [0.25, 0.3) is 0 Å². The number of para-hydroxylation sites is 2. The molecule has 6 heteroatoms. The van der Waals surface area contributed by atoms with Crippen LogP contribution in [0.5, 0.6) is 17.2 Å². The second-order valence-electron chi connectivity index (χ2n) is 5.91. The van der Waals surface area contributed by atoms with E-state index in [9.17, 15) is 9.59 Å². The Bertz CT molecular complexity index is 951. The lowest BCUT2D eigenvalue weighted by Gasteiger charge is -2.10. The predicted octanol–water partition coefficient (Wildman–Crippen LogP) is 4.15. The minimum Gasteiger partial charge on any atom is -0.490 e. The summed E-state index contributed by atoms with van der Waals surface area (Å²) in [5.74, 6) is 0.368. The number of benzene rings is 3. The van der Waals surface area contributed by atoms with E-state index in [0.717, 1.165) is 5.75 Å². The normalized spacial score (nSPS) is 10.1. The zero-order chi connectivity index (χ0) is 20.5. The molecule has 0 unspecified atom stereocenters. The molecule has 3 aromatic carbocycles. The van der Waals surface area contributed by atoms with E-state index in [-0.39, 0.29) is 11.3 Å². The molecule has 29 heavy (non-hydrogen) atoms. The maximum absolute atomic E-state index is 12.4. The smallest absolute Gasteiger partial charge is 0.343 e. The fourth-order valence-corrected chi connectivity index (χ4v) is 2.52. The molecule has 0 aliphatic rings. The van der Waals surface area contributed by atoms with Gasteiger partial charge in [0, 0.05) is 0 Å². The van der Waals surface area contributed by atoms with Crippen molar-refractivity contribution in [2.24, 2.45) is 0 Å². The zero-order valence-corrected chi connectivity index (χ0v) is 15.9. The molecule has 0 fully saturated rings. The van der Waals surface area contributed by atoms with E-state index in [1.54, 1.807) is 36.4 Å². The first kappa shape index (κ1) is 19.9. The number of ether oxygens (including phenoxy) is 4. The summed E-state index contributed by atoms with van der Waals surface area (Å²) in [4.78, 5) is 24.1. The Morgan fingerprint density at radius 3 is 1.93 bits per heavy atom. The Balaban J connectivity index is 1.53. The Labute approximate surface area is 168 Å². The second kappa shape index (κ2) is 9.94.